The zero-order valence-corrected chi connectivity index (χ0v) is 18.2. The van der Waals surface area contributed by atoms with Crippen LogP contribution in [-0.4, -0.2) is 19.0 Å². The van der Waals surface area contributed by atoms with Gasteiger partial charge in [-0.25, -0.2) is 4.79 Å². The van der Waals surface area contributed by atoms with E-state index in [2.05, 4.69) is 16.0 Å². The molecule has 0 aromatic heterocycles. The van der Waals surface area contributed by atoms with E-state index >= 15 is 0 Å². The molecule has 8 heteroatoms. The van der Waals surface area contributed by atoms with Gasteiger partial charge in [-0.3, -0.25) is 4.55 Å². The lowest BCUT2D eigenvalue weighted by Crippen LogP contribution is -2.19. The fourth-order valence-electron chi connectivity index (χ4n) is 3.29. The topological polar surface area (TPSA) is 108 Å². The lowest BCUT2D eigenvalue weighted by atomic mass is 10.0. The summed E-state index contributed by atoms with van der Waals surface area (Å²) in [6, 6.07) is 29.3. The summed E-state index contributed by atoms with van der Waals surface area (Å²) < 4.78 is 33.6. The SMILES string of the molecule is O=C(Nc1ccccc1)Nc1ccc(-c2cc(Nc3ccccc3)ccc2S(=O)(=O)O)cc1. The van der Waals surface area contributed by atoms with E-state index in [0.29, 0.717) is 28.2 Å². The van der Waals surface area contributed by atoms with Crippen molar-refractivity contribution < 1.29 is 17.8 Å². The molecule has 0 aliphatic rings. The molecule has 4 aromatic carbocycles. The summed E-state index contributed by atoms with van der Waals surface area (Å²) in [7, 11) is -4.44. The number of anilines is 4. The van der Waals surface area contributed by atoms with E-state index < -0.39 is 16.1 Å². The minimum atomic E-state index is -4.44. The van der Waals surface area contributed by atoms with Gasteiger partial charge in [0.2, 0.25) is 0 Å². The summed E-state index contributed by atoms with van der Waals surface area (Å²) in [5.74, 6) is 0. The predicted octanol–water partition coefficient (Wildman–Crippen LogP) is 5.99. The Bertz CT molecular complexity index is 1360. The number of amides is 2. The number of carbonyl (C=O) groups is 1. The van der Waals surface area contributed by atoms with Gasteiger partial charge in [-0.15, -0.1) is 0 Å². The zero-order valence-electron chi connectivity index (χ0n) is 17.4. The predicted molar refractivity (Wildman–Crippen MR) is 131 cm³/mol. The number of rotatable bonds is 6. The minimum Gasteiger partial charge on any atom is -0.356 e. The fourth-order valence-corrected chi connectivity index (χ4v) is 3.99. The molecular weight excluding hydrogens is 438 g/mol. The largest absolute Gasteiger partial charge is 0.356 e. The average Bonchev–Trinajstić information content (AvgIpc) is 2.80. The molecule has 0 saturated heterocycles. The smallest absolute Gasteiger partial charge is 0.323 e. The van der Waals surface area contributed by atoms with Crippen LogP contribution in [0.5, 0.6) is 0 Å². The summed E-state index contributed by atoms with van der Waals surface area (Å²) in [4.78, 5) is 12.0. The summed E-state index contributed by atoms with van der Waals surface area (Å²) in [6.45, 7) is 0. The number of hydrogen-bond donors (Lipinski definition) is 4. The molecule has 2 amide bonds. The molecule has 0 bridgehead atoms. The molecule has 166 valence electrons. The Hall–Kier alpha value is -4.14. The summed E-state index contributed by atoms with van der Waals surface area (Å²) in [5, 5.41) is 8.67. The Balaban J connectivity index is 1.57. The second-order valence-electron chi connectivity index (χ2n) is 7.20. The summed E-state index contributed by atoms with van der Waals surface area (Å²) in [6.07, 6.45) is 0. The average molecular weight is 460 g/mol. The second-order valence-corrected chi connectivity index (χ2v) is 8.59. The molecule has 0 radical (unpaired) electrons. The Labute approximate surface area is 191 Å². The van der Waals surface area contributed by atoms with Crippen LogP contribution in [0.3, 0.4) is 0 Å². The van der Waals surface area contributed by atoms with Crippen LogP contribution >= 0.6 is 0 Å². The maximum Gasteiger partial charge on any atom is 0.323 e. The van der Waals surface area contributed by atoms with Gasteiger partial charge in [0.05, 0.1) is 0 Å². The van der Waals surface area contributed by atoms with Gasteiger partial charge in [-0.2, -0.15) is 8.42 Å². The number of nitrogens with one attached hydrogen (secondary N) is 3. The molecule has 0 atom stereocenters. The van der Waals surface area contributed by atoms with E-state index in [4.69, 9.17) is 0 Å². The van der Waals surface area contributed by atoms with E-state index in [1.807, 2.05) is 48.5 Å². The first kappa shape index (κ1) is 22.1. The van der Waals surface area contributed by atoms with Crippen molar-refractivity contribution in [1.29, 1.82) is 0 Å². The van der Waals surface area contributed by atoms with Crippen LogP contribution < -0.4 is 16.0 Å². The van der Waals surface area contributed by atoms with Crippen LogP contribution in [0.15, 0.2) is 108 Å². The molecule has 0 aliphatic carbocycles. The number of hydrogen-bond acceptors (Lipinski definition) is 4. The zero-order chi connectivity index (χ0) is 23.3. The van der Waals surface area contributed by atoms with E-state index in [0.717, 1.165) is 5.69 Å². The first-order valence-corrected chi connectivity index (χ1v) is 11.5. The number of urea groups is 1. The Kier molecular flexibility index (Phi) is 6.39. The third kappa shape index (κ3) is 5.76. The normalized spacial score (nSPS) is 10.9. The molecule has 4 aromatic rings. The van der Waals surface area contributed by atoms with Crippen LogP contribution in [0.25, 0.3) is 11.1 Å². The lowest BCUT2D eigenvalue weighted by molar-refractivity contribution is 0.262. The van der Waals surface area contributed by atoms with Crippen molar-refractivity contribution in [3.63, 3.8) is 0 Å². The summed E-state index contributed by atoms with van der Waals surface area (Å²) in [5.41, 5.74) is 3.58. The van der Waals surface area contributed by atoms with Crippen molar-refractivity contribution in [2.45, 2.75) is 4.90 Å². The van der Waals surface area contributed by atoms with Crippen LogP contribution in [0, 0.1) is 0 Å². The molecule has 0 unspecified atom stereocenters. The van der Waals surface area contributed by atoms with Crippen LogP contribution in [-0.2, 0) is 10.1 Å². The van der Waals surface area contributed by atoms with Crippen molar-refractivity contribution >= 4 is 38.9 Å². The molecule has 7 nitrogen and oxygen atoms in total. The molecule has 0 heterocycles. The molecule has 0 saturated carbocycles. The van der Waals surface area contributed by atoms with Crippen molar-refractivity contribution in [3.05, 3.63) is 103 Å². The van der Waals surface area contributed by atoms with E-state index in [1.54, 1.807) is 48.5 Å². The van der Waals surface area contributed by atoms with Crippen LogP contribution in [0.1, 0.15) is 0 Å². The molecule has 4 rings (SSSR count). The van der Waals surface area contributed by atoms with Gasteiger partial charge in [-0.1, -0.05) is 48.5 Å². The summed E-state index contributed by atoms with van der Waals surface area (Å²) >= 11 is 0. The highest BCUT2D eigenvalue weighted by molar-refractivity contribution is 7.86. The Morgan fingerprint density at radius 3 is 1.73 bits per heavy atom. The fraction of sp³-hybridized carbons (Fsp3) is 0. The van der Waals surface area contributed by atoms with Crippen molar-refractivity contribution in [2.75, 3.05) is 16.0 Å². The third-order valence-electron chi connectivity index (χ3n) is 4.81. The number of benzene rings is 4. The van der Waals surface area contributed by atoms with Gasteiger partial charge in [0.15, 0.2) is 0 Å². The number of carbonyl (C=O) groups excluding carboxylic acids is 1. The third-order valence-corrected chi connectivity index (χ3v) is 5.72. The van der Waals surface area contributed by atoms with Gasteiger partial charge in [0, 0.05) is 28.3 Å². The molecule has 0 fully saturated rings. The van der Waals surface area contributed by atoms with Crippen LogP contribution in [0.4, 0.5) is 27.5 Å². The molecule has 0 aliphatic heterocycles. The van der Waals surface area contributed by atoms with Gasteiger partial charge in [-0.05, 0) is 60.2 Å². The molecule has 33 heavy (non-hydrogen) atoms. The number of para-hydroxylation sites is 2. The lowest BCUT2D eigenvalue weighted by Gasteiger charge is -2.13. The van der Waals surface area contributed by atoms with E-state index in [-0.39, 0.29) is 4.90 Å². The second kappa shape index (κ2) is 9.56. The quantitative estimate of drug-likeness (QED) is 0.265. The minimum absolute atomic E-state index is 0.205. The first-order chi connectivity index (χ1) is 15.9. The highest BCUT2D eigenvalue weighted by Gasteiger charge is 2.17. The first-order valence-electron chi connectivity index (χ1n) is 10.1. The van der Waals surface area contributed by atoms with Gasteiger partial charge < -0.3 is 16.0 Å². The highest BCUT2D eigenvalue weighted by atomic mass is 32.2. The molecule has 4 N–H and O–H groups in total. The molecular formula is C25H21N3O4S. The maximum absolute atomic E-state index is 12.2. The van der Waals surface area contributed by atoms with Crippen molar-refractivity contribution in [3.8, 4) is 11.1 Å². The monoisotopic (exact) mass is 459 g/mol. The van der Waals surface area contributed by atoms with E-state index in [9.17, 15) is 17.8 Å². The van der Waals surface area contributed by atoms with Crippen molar-refractivity contribution in [1.82, 2.24) is 0 Å². The van der Waals surface area contributed by atoms with Gasteiger partial charge >= 0.3 is 6.03 Å². The highest BCUT2D eigenvalue weighted by Crippen LogP contribution is 2.32. The van der Waals surface area contributed by atoms with Gasteiger partial charge in [0.1, 0.15) is 4.90 Å². The van der Waals surface area contributed by atoms with Crippen LogP contribution in [0.2, 0.25) is 0 Å². The Morgan fingerprint density at radius 2 is 1.15 bits per heavy atom. The Morgan fingerprint density at radius 1 is 0.636 bits per heavy atom. The van der Waals surface area contributed by atoms with Crippen molar-refractivity contribution in [2.24, 2.45) is 0 Å². The van der Waals surface area contributed by atoms with E-state index in [1.165, 1.54) is 6.07 Å². The molecule has 0 spiro atoms. The standard InChI is InChI=1S/C25H21N3O4S/c29-25(27-20-9-5-2-6-10-20)28-21-13-11-18(12-14-21)23-17-22(15-16-24(23)33(30,31)32)26-19-7-3-1-4-8-19/h1-17,26H,(H2,27,28,29)(H,30,31,32). The van der Waals surface area contributed by atoms with Gasteiger partial charge in [0.25, 0.3) is 10.1 Å². The maximum atomic E-state index is 12.2.